The molecule has 24 heavy (non-hydrogen) atoms. The molecule has 3 N–H and O–H groups in total. The molecule has 124 valence electrons. The third-order valence-electron chi connectivity index (χ3n) is 4.04. The highest BCUT2D eigenvalue weighted by atomic mass is 16.4. The summed E-state index contributed by atoms with van der Waals surface area (Å²) in [5, 5.41) is 3.02. The molecule has 2 aromatic carbocycles. The Morgan fingerprint density at radius 2 is 1.96 bits per heavy atom. The number of carbonyl (C=O) groups is 1. The van der Waals surface area contributed by atoms with Gasteiger partial charge in [-0.2, -0.15) is 4.98 Å². The van der Waals surface area contributed by atoms with Gasteiger partial charge in [-0.25, -0.2) is 0 Å². The van der Waals surface area contributed by atoms with E-state index in [1.807, 2.05) is 48.5 Å². The van der Waals surface area contributed by atoms with E-state index in [1.54, 1.807) is 0 Å². The number of nitrogen functional groups attached to an aromatic ring is 1. The van der Waals surface area contributed by atoms with Crippen molar-refractivity contribution in [3.63, 3.8) is 0 Å². The van der Waals surface area contributed by atoms with Crippen molar-refractivity contribution in [2.24, 2.45) is 5.92 Å². The van der Waals surface area contributed by atoms with Crippen LogP contribution in [0.4, 0.5) is 6.01 Å². The number of fused-ring (bicyclic) bond motifs is 1. The number of nitrogens with zero attached hydrogens (tertiary/aromatic N) is 1. The van der Waals surface area contributed by atoms with E-state index < -0.39 is 0 Å². The summed E-state index contributed by atoms with van der Waals surface area (Å²) in [5.41, 5.74) is 8.89. The lowest BCUT2D eigenvalue weighted by Crippen LogP contribution is -2.31. The van der Waals surface area contributed by atoms with Crippen LogP contribution in [0.15, 0.2) is 52.9 Å². The zero-order chi connectivity index (χ0) is 17.1. The van der Waals surface area contributed by atoms with Gasteiger partial charge in [0, 0.05) is 6.54 Å². The maximum atomic E-state index is 12.7. The second kappa shape index (κ2) is 6.74. The first-order valence-corrected chi connectivity index (χ1v) is 8.02. The molecule has 1 amide bonds. The Bertz CT molecular complexity index is 840. The maximum absolute atomic E-state index is 12.7. The van der Waals surface area contributed by atoms with Gasteiger partial charge in [0.25, 0.3) is 6.01 Å². The van der Waals surface area contributed by atoms with Crippen LogP contribution in [0.3, 0.4) is 0 Å². The van der Waals surface area contributed by atoms with E-state index in [0.29, 0.717) is 17.6 Å². The number of benzene rings is 2. The highest BCUT2D eigenvalue weighted by Crippen LogP contribution is 2.25. The molecule has 1 atom stereocenters. The minimum absolute atomic E-state index is 0.0240. The number of anilines is 1. The summed E-state index contributed by atoms with van der Waals surface area (Å²) >= 11 is 0. The van der Waals surface area contributed by atoms with Crippen molar-refractivity contribution in [1.29, 1.82) is 0 Å². The van der Waals surface area contributed by atoms with Gasteiger partial charge in [-0.15, -0.1) is 0 Å². The van der Waals surface area contributed by atoms with Crippen molar-refractivity contribution in [3.8, 4) is 0 Å². The fourth-order valence-corrected chi connectivity index (χ4v) is 2.90. The summed E-state index contributed by atoms with van der Waals surface area (Å²) in [5.74, 6) is 0.0683. The average molecular weight is 323 g/mol. The smallest absolute Gasteiger partial charge is 0.292 e. The van der Waals surface area contributed by atoms with Crippen LogP contribution in [-0.2, 0) is 11.3 Å². The van der Waals surface area contributed by atoms with Crippen LogP contribution in [0.1, 0.15) is 30.9 Å². The minimum Gasteiger partial charge on any atom is -0.424 e. The molecule has 1 unspecified atom stereocenters. The van der Waals surface area contributed by atoms with E-state index in [-0.39, 0.29) is 23.8 Å². The fourth-order valence-electron chi connectivity index (χ4n) is 2.90. The van der Waals surface area contributed by atoms with Crippen molar-refractivity contribution in [2.75, 3.05) is 5.73 Å². The van der Waals surface area contributed by atoms with Crippen molar-refractivity contribution in [1.82, 2.24) is 10.3 Å². The molecule has 3 aromatic rings. The van der Waals surface area contributed by atoms with Crippen LogP contribution in [0, 0.1) is 5.92 Å². The predicted molar refractivity (Wildman–Crippen MR) is 94.3 cm³/mol. The average Bonchev–Trinajstić information content (AvgIpc) is 2.93. The van der Waals surface area contributed by atoms with E-state index in [1.165, 1.54) is 0 Å². The number of hydrogen-bond acceptors (Lipinski definition) is 4. The molecule has 5 heteroatoms. The zero-order valence-electron chi connectivity index (χ0n) is 13.8. The topological polar surface area (TPSA) is 81.2 Å². The molecule has 1 heterocycles. The van der Waals surface area contributed by atoms with Crippen LogP contribution in [0.25, 0.3) is 11.1 Å². The van der Waals surface area contributed by atoms with Crippen molar-refractivity contribution < 1.29 is 9.21 Å². The molecule has 0 saturated carbocycles. The molecule has 0 aliphatic rings. The van der Waals surface area contributed by atoms with Crippen molar-refractivity contribution in [3.05, 3.63) is 59.7 Å². The van der Waals surface area contributed by atoms with Gasteiger partial charge in [0.05, 0.1) is 5.92 Å². The summed E-state index contributed by atoms with van der Waals surface area (Å²) < 4.78 is 5.26. The van der Waals surface area contributed by atoms with Gasteiger partial charge in [-0.1, -0.05) is 50.2 Å². The number of hydrogen-bond donors (Lipinski definition) is 2. The van der Waals surface area contributed by atoms with E-state index in [9.17, 15) is 4.79 Å². The van der Waals surface area contributed by atoms with Gasteiger partial charge in [0.15, 0.2) is 5.58 Å². The monoisotopic (exact) mass is 323 g/mol. The molecule has 0 spiro atoms. The lowest BCUT2D eigenvalue weighted by atomic mass is 9.87. The Labute approximate surface area is 140 Å². The van der Waals surface area contributed by atoms with Crippen LogP contribution in [0.5, 0.6) is 0 Å². The van der Waals surface area contributed by atoms with Gasteiger partial charge in [0.2, 0.25) is 5.91 Å². The summed E-state index contributed by atoms with van der Waals surface area (Å²) in [6, 6.07) is 15.6. The number of carbonyl (C=O) groups excluding carboxylic acids is 1. The SMILES string of the molecule is CC(C)C(C(=O)NCc1ccc2oc(N)nc2c1)c1ccccc1. The van der Waals surface area contributed by atoms with E-state index >= 15 is 0 Å². The van der Waals surface area contributed by atoms with Crippen LogP contribution in [-0.4, -0.2) is 10.9 Å². The number of amides is 1. The predicted octanol–water partition coefficient (Wildman–Crippen LogP) is 3.47. The summed E-state index contributed by atoms with van der Waals surface area (Å²) in [7, 11) is 0. The van der Waals surface area contributed by atoms with Gasteiger partial charge < -0.3 is 15.5 Å². The van der Waals surface area contributed by atoms with Gasteiger partial charge in [-0.05, 0) is 29.2 Å². The molecule has 0 aliphatic carbocycles. The number of oxazole rings is 1. The second-order valence-electron chi connectivity index (χ2n) is 6.20. The second-order valence-corrected chi connectivity index (χ2v) is 6.20. The van der Waals surface area contributed by atoms with E-state index in [0.717, 1.165) is 11.1 Å². The summed E-state index contributed by atoms with van der Waals surface area (Å²) in [6.45, 7) is 4.56. The molecule has 0 aliphatic heterocycles. The van der Waals surface area contributed by atoms with Crippen molar-refractivity contribution in [2.45, 2.75) is 26.3 Å². The highest BCUT2D eigenvalue weighted by Gasteiger charge is 2.23. The van der Waals surface area contributed by atoms with Crippen LogP contribution < -0.4 is 11.1 Å². The van der Waals surface area contributed by atoms with Crippen LogP contribution in [0.2, 0.25) is 0 Å². The number of nitrogens with two attached hydrogens (primary N) is 1. The molecular weight excluding hydrogens is 302 g/mol. The molecular formula is C19H21N3O2. The quantitative estimate of drug-likeness (QED) is 0.753. The Kier molecular flexibility index (Phi) is 4.51. The first-order chi connectivity index (χ1) is 11.5. The minimum atomic E-state index is -0.169. The Morgan fingerprint density at radius 1 is 1.21 bits per heavy atom. The molecule has 1 aromatic heterocycles. The Balaban J connectivity index is 1.72. The first-order valence-electron chi connectivity index (χ1n) is 8.02. The third kappa shape index (κ3) is 3.40. The Hall–Kier alpha value is -2.82. The summed E-state index contributed by atoms with van der Waals surface area (Å²) in [6.07, 6.45) is 0. The molecule has 5 nitrogen and oxygen atoms in total. The molecule has 0 saturated heterocycles. The van der Waals surface area contributed by atoms with Crippen LogP contribution >= 0.6 is 0 Å². The van der Waals surface area contributed by atoms with Crippen molar-refractivity contribution >= 4 is 23.0 Å². The Morgan fingerprint density at radius 3 is 2.67 bits per heavy atom. The molecule has 0 radical (unpaired) electrons. The van der Waals surface area contributed by atoms with Gasteiger partial charge in [-0.3, -0.25) is 4.79 Å². The third-order valence-corrected chi connectivity index (χ3v) is 4.04. The standard InChI is InChI=1S/C19H21N3O2/c1-12(2)17(14-6-4-3-5-7-14)18(23)21-11-13-8-9-16-15(10-13)22-19(20)24-16/h3-10,12,17H,11H2,1-2H3,(H2,20,22)(H,21,23). The van der Waals surface area contributed by atoms with E-state index in [2.05, 4.69) is 24.1 Å². The largest absolute Gasteiger partial charge is 0.424 e. The van der Waals surface area contributed by atoms with Gasteiger partial charge >= 0.3 is 0 Å². The first kappa shape index (κ1) is 16.1. The highest BCUT2D eigenvalue weighted by molar-refractivity contribution is 5.84. The maximum Gasteiger partial charge on any atom is 0.292 e. The summed E-state index contributed by atoms with van der Waals surface area (Å²) in [4.78, 5) is 16.8. The van der Waals surface area contributed by atoms with Gasteiger partial charge in [0.1, 0.15) is 5.52 Å². The lowest BCUT2D eigenvalue weighted by molar-refractivity contribution is -0.123. The number of nitrogens with one attached hydrogen (secondary N) is 1. The number of aromatic nitrogens is 1. The fraction of sp³-hybridized carbons (Fsp3) is 0.263. The molecule has 0 fully saturated rings. The number of rotatable bonds is 5. The molecule has 3 rings (SSSR count). The zero-order valence-corrected chi connectivity index (χ0v) is 13.8. The van der Waals surface area contributed by atoms with E-state index in [4.69, 9.17) is 10.2 Å². The molecule has 0 bridgehead atoms. The lowest BCUT2D eigenvalue weighted by Gasteiger charge is -2.20. The normalized spacial score (nSPS) is 12.5.